The zero-order valence-electron chi connectivity index (χ0n) is 12.3. The Balaban J connectivity index is 2.77. The van der Waals surface area contributed by atoms with Crippen molar-refractivity contribution in [3.8, 4) is 5.75 Å². The normalized spacial score (nSPS) is 12.4. The summed E-state index contributed by atoms with van der Waals surface area (Å²) in [7, 11) is 0. The second-order valence-corrected chi connectivity index (χ2v) is 5.58. The van der Waals surface area contributed by atoms with Crippen LogP contribution < -0.4 is 10.1 Å². The van der Waals surface area contributed by atoms with Gasteiger partial charge in [0.1, 0.15) is 5.75 Å². The van der Waals surface area contributed by atoms with Crippen LogP contribution in [0.3, 0.4) is 0 Å². The number of hydrogen-bond acceptors (Lipinski definition) is 2. The van der Waals surface area contributed by atoms with E-state index in [4.69, 9.17) is 4.74 Å². The summed E-state index contributed by atoms with van der Waals surface area (Å²) in [5.41, 5.74) is 1.33. The molecule has 0 aromatic heterocycles. The summed E-state index contributed by atoms with van der Waals surface area (Å²) in [5.74, 6) is 0.932. The van der Waals surface area contributed by atoms with Crippen LogP contribution in [0.25, 0.3) is 0 Å². The van der Waals surface area contributed by atoms with Gasteiger partial charge in [0.2, 0.25) is 0 Å². The van der Waals surface area contributed by atoms with Crippen LogP contribution in [-0.4, -0.2) is 13.2 Å². The minimum absolute atomic E-state index is 0.432. The van der Waals surface area contributed by atoms with E-state index < -0.39 is 0 Å². The number of hydrogen-bond donors (Lipinski definition) is 1. The highest BCUT2D eigenvalue weighted by atomic mass is 79.9. The number of ether oxygens (including phenoxy) is 1. The Hall–Kier alpha value is -0.540. The lowest BCUT2D eigenvalue weighted by Gasteiger charge is -2.20. The molecule has 108 valence electrons. The molecule has 0 bridgehead atoms. The number of halogens is 1. The summed E-state index contributed by atoms with van der Waals surface area (Å²) in [6.07, 6.45) is 5.03. The van der Waals surface area contributed by atoms with Crippen molar-refractivity contribution in [2.24, 2.45) is 0 Å². The molecule has 1 aromatic carbocycles. The van der Waals surface area contributed by atoms with Crippen molar-refractivity contribution in [2.75, 3.05) is 13.2 Å². The highest BCUT2D eigenvalue weighted by molar-refractivity contribution is 9.10. The first-order valence-electron chi connectivity index (χ1n) is 7.38. The average molecular weight is 328 g/mol. The van der Waals surface area contributed by atoms with Crippen LogP contribution in [0.4, 0.5) is 0 Å². The van der Waals surface area contributed by atoms with Gasteiger partial charge in [-0.2, -0.15) is 0 Å². The van der Waals surface area contributed by atoms with Crippen LogP contribution in [-0.2, 0) is 0 Å². The van der Waals surface area contributed by atoms with E-state index >= 15 is 0 Å². The fourth-order valence-electron chi connectivity index (χ4n) is 2.26. The van der Waals surface area contributed by atoms with Crippen LogP contribution in [0, 0.1) is 0 Å². The van der Waals surface area contributed by atoms with Gasteiger partial charge in [-0.1, -0.05) is 55.1 Å². The molecule has 0 heterocycles. The monoisotopic (exact) mass is 327 g/mol. The largest absolute Gasteiger partial charge is 0.494 e. The van der Waals surface area contributed by atoms with E-state index in [-0.39, 0.29) is 0 Å². The predicted molar refractivity (Wildman–Crippen MR) is 85.9 cm³/mol. The summed E-state index contributed by atoms with van der Waals surface area (Å²) >= 11 is 3.68. The van der Waals surface area contributed by atoms with E-state index in [0.29, 0.717) is 12.6 Å². The number of rotatable bonds is 9. The van der Waals surface area contributed by atoms with Gasteiger partial charge in [0.25, 0.3) is 0 Å². The van der Waals surface area contributed by atoms with Gasteiger partial charge < -0.3 is 10.1 Å². The molecular formula is C16H26BrNO. The molecule has 0 saturated heterocycles. The van der Waals surface area contributed by atoms with E-state index in [1.807, 2.05) is 6.92 Å². The standard InChI is InChI=1S/C16H26BrNO/c1-4-7-8-9-16(18-5-2)14-11-10-13(19-6-3)12-15(14)17/h10-12,16,18H,4-9H2,1-3H3. The Morgan fingerprint density at radius 2 is 2.00 bits per heavy atom. The predicted octanol–water partition coefficient (Wildman–Crippen LogP) is 5.08. The van der Waals surface area contributed by atoms with Crippen LogP contribution in [0.15, 0.2) is 22.7 Å². The molecular weight excluding hydrogens is 302 g/mol. The summed E-state index contributed by atoms with van der Waals surface area (Å²) in [4.78, 5) is 0. The first kappa shape index (κ1) is 16.5. The molecule has 0 fully saturated rings. The molecule has 19 heavy (non-hydrogen) atoms. The van der Waals surface area contributed by atoms with Crippen LogP contribution in [0.1, 0.15) is 58.1 Å². The van der Waals surface area contributed by atoms with Crippen LogP contribution in [0.2, 0.25) is 0 Å². The topological polar surface area (TPSA) is 21.3 Å². The van der Waals surface area contributed by atoms with Gasteiger partial charge in [0.05, 0.1) is 6.61 Å². The SMILES string of the molecule is CCCCCC(NCC)c1ccc(OCC)cc1Br. The Morgan fingerprint density at radius 1 is 1.21 bits per heavy atom. The van der Waals surface area contributed by atoms with E-state index in [2.05, 4.69) is 53.3 Å². The Bertz CT molecular complexity index is 368. The van der Waals surface area contributed by atoms with Crippen molar-refractivity contribution in [2.45, 2.75) is 52.5 Å². The van der Waals surface area contributed by atoms with Crippen LogP contribution in [0.5, 0.6) is 5.75 Å². The summed E-state index contributed by atoms with van der Waals surface area (Å²) in [5, 5.41) is 3.58. The summed E-state index contributed by atoms with van der Waals surface area (Å²) < 4.78 is 6.67. The second kappa shape index (κ2) is 9.38. The van der Waals surface area contributed by atoms with Gasteiger partial charge in [-0.25, -0.2) is 0 Å². The van der Waals surface area contributed by atoms with E-state index in [0.717, 1.165) is 16.8 Å². The zero-order valence-corrected chi connectivity index (χ0v) is 13.9. The maximum Gasteiger partial charge on any atom is 0.120 e. The minimum atomic E-state index is 0.432. The molecule has 0 radical (unpaired) electrons. The third-order valence-electron chi connectivity index (χ3n) is 3.21. The fourth-order valence-corrected chi connectivity index (χ4v) is 2.89. The molecule has 1 atom stereocenters. The second-order valence-electron chi connectivity index (χ2n) is 4.72. The molecule has 0 spiro atoms. The van der Waals surface area contributed by atoms with Gasteiger partial charge in [0, 0.05) is 10.5 Å². The van der Waals surface area contributed by atoms with Gasteiger partial charge in [-0.05, 0) is 37.6 Å². The highest BCUT2D eigenvalue weighted by Crippen LogP contribution is 2.30. The van der Waals surface area contributed by atoms with Crippen molar-refractivity contribution >= 4 is 15.9 Å². The molecule has 1 N–H and O–H groups in total. The number of benzene rings is 1. The van der Waals surface area contributed by atoms with Crippen molar-refractivity contribution in [1.82, 2.24) is 5.32 Å². The Kier molecular flexibility index (Phi) is 8.15. The lowest BCUT2D eigenvalue weighted by atomic mass is 10.0. The molecule has 2 nitrogen and oxygen atoms in total. The van der Waals surface area contributed by atoms with E-state index in [9.17, 15) is 0 Å². The lowest BCUT2D eigenvalue weighted by molar-refractivity contribution is 0.339. The summed E-state index contributed by atoms with van der Waals surface area (Å²) in [6, 6.07) is 6.74. The van der Waals surface area contributed by atoms with Gasteiger partial charge in [-0.3, -0.25) is 0 Å². The molecule has 1 rings (SSSR count). The first-order chi connectivity index (χ1) is 9.22. The third kappa shape index (κ3) is 5.53. The third-order valence-corrected chi connectivity index (χ3v) is 3.89. The highest BCUT2D eigenvalue weighted by Gasteiger charge is 2.13. The smallest absolute Gasteiger partial charge is 0.120 e. The molecule has 0 aliphatic carbocycles. The average Bonchev–Trinajstić information content (AvgIpc) is 2.39. The number of nitrogens with one attached hydrogen (secondary N) is 1. The van der Waals surface area contributed by atoms with Gasteiger partial charge in [0.15, 0.2) is 0 Å². The van der Waals surface area contributed by atoms with Crippen molar-refractivity contribution in [1.29, 1.82) is 0 Å². The molecule has 0 saturated carbocycles. The summed E-state index contributed by atoms with van der Waals surface area (Å²) in [6.45, 7) is 8.12. The maximum atomic E-state index is 5.53. The fraction of sp³-hybridized carbons (Fsp3) is 0.625. The van der Waals surface area contributed by atoms with Crippen molar-refractivity contribution < 1.29 is 4.74 Å². The van der Waals surface area contributed by atoms with Gasteiger partial charge >= 0.3 is 0 Å². The van der Waals surface area contributed by atoms with E-state index in [1.165, 1.54) is 31.2 Å². The van der Waals surface area contributed by atoms with Crippen molar-refractivity contribution in [3.63, 3.8) is 0 Å². The Morgan fingerprint density at radius 3 is 2.58 bits per heavy atom. The van der Waals surface area contributed by atoms with Crippen molar-refractivity contribution in [3.05, 3.63) is 28.2 Å². The molecule has 0 aliphatic rings. The van der Waals surface area contributed by atoms with Gasteiger partial charge in [-0.15, -0.1) is 0 Å². The minimum Gasteiger partial charge on any atom is -0.494 e. The number of unbranched alkanes of at least 4 members (excludes halogenated alkanes) is 2. The lowest BCUT2D eigenvalue weighted by Crippen LogP contribution is -2.21. The molecule has 0 amide bonds. The van der Waals surface area contributed by atoms with E-state index in [1.54, 1.807) is 0 Å². The molecule has 0 aliphatic heterocycles. The quantitative estimate of drug-likeness (QED) is 0.638. The van der Waals surface area contributed by atoms with Crippen LogP contribution >= 0.6 is 15.9 Å². The maximum absolute atomic E-state index is 5.53. The molecule has 3 heteroatoms. The first-order valence-corrected chi connectivity index (χ1v) is 8.17. The zero-order chi connectivity index (χ0) is 14.1. The molecule has 1 unspecified atom stereocenters. The molecule has 1 aromatic rings. The Labute approximate surface area is 126 Å².